The Balaban J connectivity index is 2.05. The van der Waals surface area contributed by atoms with E-state index in [1.54, 1.807) is 6.20 Å². The van der Waals surface area contributed by atoms with Crippen LogP contribution in [0.25, 0.3) is 0 Å². The van der Waals surface area contributed by atoms with Crippen molar-refractivity contribution in [1.82, 2.24) is 10.3 Å². The monoisotopic (exact) mass is 264 g/mol. The number of aromatic hydroxyl groups is 2. The fourth-order valence-electron chi connectivity index (χ4n) is 1.46. The minimum Gasteiger partial charge on any atom is -0.508 e. The minimum absolute atomic E-state index is 0.0521. The second-order valence-corrected chi connectivity index (χ2v) is 5.05. The molecule has 0 spiro atoms. The highest BCUT2D eigenvalue weighted by Gasteiger charge is 2.12. The molecule has 0 saturated heterocycles. The molecule has 2 aromatic rings. The Bertz CT molecular complexity index is 580. The number of carbonyl (C=O) groups excluding carboxylic acids is 1. The summed E-state index contributed by atoms with van der Waals surface area (Å²) < 4.78 is 0. The topological polar surface area (TPSA) is 82.5 Å². The first-order valence-electron chi connectivity index (χ1n) is 5.28. The van der Waals surface area contributed by atoms with Crippen molar-refractivity contribution in [2.45, 2.75) is 13.5 Å². The standard InChI is InChI=1S/C12H12N2O3S/c1-7-13-5-9(18-7)6-14-12(17)10-4-8(15)2-3-11(10)16/h2-5,15-16H,6H2,1H3,(H,14,17). The van der Waals surface area contributed by atoms with Crippen LogP contribution in [0.5, 0.6) is 11.5 Å². The SMILES string of the molecule is Cc1ncc(CNC(=O)c2cc(O)ccc2O)s1. The number of hydrogen-bond donors (Lipinski definition) is 3. The number of carbonyl (C=O) groups is 1. The highest BCUT2D eigenvalue weighted by Crippen LogP contribution is 2.22. The van der Waals surface area contributed by atoms with Gasteiger partial charge in [0.1, 0.15) is 11.5 Å². The maximum Gasteiger partial charge on any atom is 0.255 e. The molecule has 94 valence electrons. The number of amides is 1. The van der Waals surface area contributed by atoms with Gasteiger partial charge in [-0.3, -0.25) is 4.79 Å². The summed E-state index contributed by atoms with van der Waals surface area (Å²) in [5.41, 5.74) is 0.0521. The van der Waals surface area contributed by atoms with Crippen molar-refractivity contribution in [2.75, 3.05) is 0 Å². The third kappa shape index (κ3) is 2.78. The predicted octanol–water partition coefficient (Wildman–Crippen LogP) is 1.79. The molecule has 0 fully saturated rings. The Hall–Kier alpha value is -2.08. The second kappa shape index (κ2) is 5.05. The van der Waals surface area contributed by atoms with Crippen LogP contribution in [0.1, 0.15) is 20.2 Å². The van der Waals surface area contributed by atoms with Gasteiger partial charge in [0.25, 0.3) is 5.91 Å². The molecule has 2 rings (SSSR count). The van der Waals surface area contributed by atoms with Crippen LogP contribution < -0.4 is 5.32 Å². The smallest absolute Gasteiger partial charge is 0.255 e. The number of nitrogens with one attached hydrogen (secondary N) is 1. The Morgan fingerprint density at radius 1 is 1.44 bits per heavy atom. The van der Waals surface area contributed by atoms with Crippen molar-refractivity contribution >= 4 is 17.2 Å². The highest BCUT2D eigenvalue weighted by molar-refractivity contribution is 7.11. The molecule has 1 aromatic carbocycles. The van der Waals surface area contributed by atoms with E-state index in [2.05, 4.69) is 10.3 Å². The van der Waals surface area contributed by atoms with E-state index in [4.69, 9.17) is 0 Å². The summed E-state index contributed by atoms with van der Waals surface area (Å²) >= 11 is 1.49. The van der Waals surface area contributed by atoms with E-state index in [1.165, 1.54) is 29.5 Å². The number of aryl methyl sites for hydroxylation is 1. The minimum atomic E-state index is -0.436. The van der Waals surface area contributed by atoms with Crippen LogP contribution in [0.15, 0.2) is 24.4 Å². The molecule has 6 heteroatoms. The summed E-state index contributed by atoms with van der Waals surface area (Å²) in [5.74, 6) is -0.660. The van der Waals surface area contributed by atoms with Gasteiger partial charge in [0.2, 0.25) is 0 Å². The first-order valence-corrected chi connectivity index (χ1v) is 6.09. The molecule has 1 amide bonds. The molecule has 18 heavy (non-hydrogen) atoms. The number of nitrogens with zero attached hydrogens (tertiary/aromatic N) is 1. The van der Waals surface area contributed by atoms with Gasteiger partial charge in [0.05, 0.1) is 17.1 Å². The molecule has 0 unspecified atom stereocenters. The molecule has 0 radical (unpaired) electrons. The van der Waals surface area contributed by atoms with Crippen LogP contribution in [0.4, 0.5) is 0 Å². The number of phenols is 2. The number of benzene rings is 1. The lowest BCUT2D eigenvalue weighted by atomic mass is 10.2. The van der Waals surface area contributed by atoms with E-state index in [-0.39, 0.29) is 17.1 Å². The molecular weight excluding hydrogens is 252 g/mol. The molecule has 0 atom stereocenters. The predicted molar refractivity (Wildman–Crippen MR) is 67.8 cm³/mol. The second-order valence-electron chi connectivity index (χ2n) is 3.73. The van der Waals surface area contributed by atoms with Gasteiger partial charge in [-0.15, -0.1) is 11.3 Å². The molecule has 0 bridgehead atoms. The van der Waals surface area contributed by atoms with E-state index in [0.717, 1.165) is 9.88 Å². The van der Waals surface area contributed by atoms with Crippen LogP contribution in [-0.2, 0) is 6.54 Å². The zero-order valence-electron chi connectivity index (χ0n) is 9.67. The van der Waals surface area contributed by atoms with Crippen molar-refractivity contribution in [3.63, 3.8) is 0 Å². The number of aromatic nitrogens is 1. The van der Waals surface area contributed by atoms with Crippen molar-refractivity contribution in [3.05, 3.63) is 39.8 Å². The lowest BCUT2D eigenvalue weighted by molar-refractivity contribution is 0.0948. The molecule has 0 aliphatic heterocycles. The van der Waals surface area contributed by atoms with Gasteiger partial charge in [0, 0.05) is 11.1 Å². The lowest BCUT2D eigenvalue weighted by Crippen LogP contribution is -2.22. The van der Waals surface area contributed by atoms with Crippen LogP contribution in [0.2, 0.25) is 0 Å². The average molecular weight is 264 g/mol. The zero-order chi connectivity index (χ0) is 13.1. The maximum absolute atomic E-state index is 11.8. The van der Waals surface area contributed by atoms with E-state index in [0.29, 0.717) is 6.54 Å². The van der Waals surface area contributed by atoms with Crippen LogP contribution >= 0.6 is 11.3 Å². The Kier molecular flexibility index (Phi) is 3.47. The normalized spacial score (nSPS) is 10.3. The summed E-state index contributed by atoms with van der Waals surface area (Å²) in [6.45, 7) is 2.23. The van der Waals surface area contributed by atoms with E-state index in [1.807, 2.05) is 6.92 Å². The molecule has 3 N–H and O–H groups in total. The molecule has 5 nitrogen and oxygen atoms in total. The van der Waals surface area contributed by atoms with Gasteiger partial charge < -0.3 is 15.5 Å². The molecule has 1 heterocycles. The fraction of sp³-hybridized carbons (Fsp3) is 0.167. The quantitative estimate of drug-likeness (QED) is 0.738. The van der Waals surface area contributed by atoms with Crippen molar-refractivity contribution in [1.29, 1.82) is 0 Å². The van der Waals surface area contributed by atoms with E-state index < -0.39 is 5.91 Å². The van der Waals surface area contributed by atoms with Gasteiger partial charge in [-0.05, 0) is 25.1 Å². The Morgan fingerprint density at radius 2 is 2.22 bits per heavy atom. The summed E-state index contributed by atoms with van der Waals surface area (Å²) in [4.78, 5) is 16.8. The van der Waals surface area contributed by atoms with E-state index in [9.17, 15) is 15.0 Å². The number of hydrogen-bond acceptors (Lipinski definition) is 5. The molecular formula is C12H12N2O3S. The third-order valence-electron chi connectivity index (χ3n) is 2.32. The first-order chi connectivity index (χ1) is 8.56. The van der Waals surface area contributed by atoms with Gasteiger partial charge in [0.15, 0.2) is 0 Å². The van der Waals surface area contributed by atoms with Crippen molar-refractivity contribution in [2.24, 2.45) is 0 Å². The third-order valence-corrected chi connectivity index (χ3v) is 3.23. The fourth-order valence-corrected chi connectivity index (χ4v) is 2.19. The van der Waals surface area contributed by atoms with Gasteiger partial charge >= 0.3 is 0 Å². The van der Waals surface area contributed by atoms with Gasteiger partial charge in [-0.1, -0.05) is 0 Å². The van der Waals surface area contributed by atoms with E-state index >= 15 is 0 Å². The Morgan fingerprint density at radius 3 is 2.89 bits per heavy atom. The number of phenolic OH excluding ortho intramolecular Hbond substituents is 2. The molecule has 0 saturated carbocycles. The Labute approximate surface area is 108 Å². The largest absolute Gasteiger partial charge is 0.508 e. The zero-order valence-corrected chi connectivity index (χ0v) is 10.5. The van der Waals surface area contributed by atoms with Crippen LogP contribution in [0.3, 0.4) is 0 Å². The average Bonchev–Trinajstić information content (AvgIpc) is 2.75. The molecule has 0 aliphatic rings. The molecule has 0 aliphatic carbocycles. The van der Waals surface area contributed by atoms with Gasteiger partial charge in [-0.25, -0.2) is 4.98 Å². The molecule has 1 aromatic heterocycles. The number of thiazole rings is 1. The summed E-state index contributed by atoms with van der Waals surface area (Å²) in [7, 11) is 0. The lowest BCUT2D eigenvalue weighted by Gasteiger charge is -2.05. The van der Waals surface area contributed by atoms with Crippen molar-refractivity contribution in [3.8, 4) is 11.5 Å². The first kappa shape index (κ1) is 12.4. The summed E-state index contributed by atoms with van der Waals surface area (Å²) in [6.07, 6.45) is 1.70. The summed E-state index contributed by atoms with van der Waals surface area (Å²) in [6, 6.07) is 3.82. The van der Waals surface area contributed by atoms with Gasteiger partial charge in [-0.2, -0.15) is 0 Å². The maximum atomic E-state index is 11.8. The number of rotatable bonds is 3. The van der Waals surface area contributed by atoms with Crippen LogP contribution in [0, 0.1) is 6.92 Å². The van der Waals surface area contributed by atoms with Crippen LogP contribution in [-0.4, -0.2) is 21.1 Å². The summed E-state index contributed by atoms with van der Waals surface area (Å²) in [5, 5.41) is 22.4. The van der Waals surface area contributed by atoms with Crippen molar-refractivity contribution < 1.29 is 15.0 Å². The highest BCUT2D eigenvalue weighted by atomic mass is 32.1.